The van der Waals surface area contributed by atoms with E-state index >= 15 is 0 Å². The average molecular weight is 410 g/mol. The van der Waals surface area contributed by atoms with Crippen molar-refractivity contribution in [2.24, 2.45) is 0 Å². The minimum absolute atomic E-state index is 0.232. The number of carbonyl (C=O) groups is 3. The van der Waals surface area contributed by atoms with Gasteiger partial charge in [-0.2, -0.15) is 0 Å². The minimum Gasteiger partial charge on any atom is -0.467 e. The molecular formula is C18H17Cl2N3O4. The Hall–Kier alpha value is -2.51. The van der Waals surface area contributed by atoms with Crippen molar-refractivity contribution in [2.45, 2.75) is 19.0 Å². The van der Waals surface area contributed by atoms with Gasteiger partial charge in [-0.05, 0) is 31.2 Å². The van der Waals surface area contributed by atoms with Crippen LogP contribution in [-0.2, 0) is 21.7 Å². The maximum atomic E-state index is 12.9. The largest absolute Gasteiger partial charge is 0.467 e. The van der Waals surface area contributed by atoms with Gasteiger partial charge in [0.25, 0.3) is 5.91 Å². The minimum atomic E-state index is -1.38. The summed E-state index contributed by atoms with van der Waals surface area (Å²) >= 11 is 12.1. The molecule has 1 unspecified atom stereocenters. The molecule has 1 aliphatic heterocycles. The molecule has 4 amide bonds. The SMILES string of the molecule is CN(Cc1ccco1)C(=O)CN1C(=O)NC(C)(c2ccc(Cl)cc2Cl)C1=O. The number of carbonyl (C=O) groups excluding carboxylic acids is 3. The van der Waals surface area contributed by atoms with E-state index in [1.165, 1.54) is 17.2 Å². The molecule has 2 heterocycles. The van der Waals surface area contributed by atoms with Gasteiger partial charge in [-0.15, -0.1) is 0 Å². The van der Waals surface area contributed by atoms with Crippen molar-refractivity contribution >= 4 is 41.0 Å². The van der Waals surface area contributed by atoms with Gasteiger partial charge < -0.3 is 14.6 Å². The number of hydrogen-bond donors (Lipinski definition) is 1. The number of urea groups is 1. The highest BCUT2D eigenvalue weighted by Crippen LogP contribution is 2.34. The van der Waals surface area contributed by atoms with Gasteiger partial charge in [-0.25, -0.2) is 4.79 Å². The fourth-order valence-electron chi connectivity index (χ4n) is 2.90. The van der Waals surface area contributed by atoms with Gasteiger partial charge in [0.2, 0.25) is 5.91 Å². The smallest absolute Gasteiger partial charge is 0.325 e. The van der Waals surface area contributed by atoms with Crippen LogP contribution in [0.3, 0.4) is 0 Å². The number of nitrogens with zero attached hydrogens (tertiary/aromatic N) is 2. The zero-order valence-corrected chi connectivity index (χ0v) is 16.2. The van der Waals surface area contributed by atoms with E-state index in [0.29, 0.717) is 16.3 Å². The average Bonchev–Trinajstić information content (AvgIpc) is 3.17. The van der Waals surface area contributed by atoms with E-state index in [9.17, 15) is 14.4 Å². The van der Waals surface area contributed by atoms with Gasteiger partial charge in [0.15, 0.2) is 0 Å². The molecule has 0 bridgehead atoms. The first kappa shape index (κ1) is 19.3. The normalized spacial score (nSPS) is 19.3. The maximum Gasteiger partial charge on any atom is 0.325 e. The van der Waals surface area contributed by atoms with Crippen LogP contribution in [0.15, 0.2) is 41.0 Å². The topological polar surface area (TPSA) is 82.9 Å². The van der Waals surface area contributed by atoms with Gasteiger partial charge in [-0.3, -0.25) is 14.5 Å². The van der Waals surface area contributed by atoms with Gasteiger partial charge in [0.1, 0.15) is 17.8 Å². The lowest BCUT2D eigenvalue weighted by Gasteiger charge is -2.24. The summed E-state index contributed by atoms with van der Waals surface area (Å²) < 4.78 is 5.20. The van der Waals surface area contributed by atoms with E-state index in [-0.39, 0.29) is 18.1 Å². The predicted octanol–water partition coefficient (Wildman–Crippen LogP) is 3.01. The van der Waals surface area contributed by atoms with E-state index in [2.05, 4.69) is 5.32 Å². The summed E-state index contributed by atoms with van der Waals surface area (Å²) in [7, 11) is 1.57. The Balaban J connectivity index is 1.76. The van der Waals surface area contributed by atoms with Crippen molar-refractivity contribution in [3.8, 4) is 0 Å². The van der Waals surface area contributed by atoms with Crippen molar-refractivity contribution in [2.75, 3.05) is 13.6 Å². The number of imide groups is 1. The molecule has 0 radical (unpaired) electrons. The molecule has 1 saturated heterocycles. The Kier molecular flexibility index (Phi) is 5.17. The first-order valence-electron chi connectivity index (χ1n) is 8.08. The first-order chi connectivity index (χ1) is 12.7. The Morgan fingerprint density at radius 2 is 2.04 bits per heavy atom. The highest BCUT2D eigenvalue weighted by molar-refractivity contribution is 6.35. The van der Waals surface area contributed by atoms with Crippen LogP contribution in [-0.4, -0.2) is 41.2 Å². The number of likely N-dealkylation sites (N-methyl/N-ethyl adjacent to an activating group) is 1. The monoisotopic (exact) mass is 409 g/mol. The molecule has 1 aromatic carbocycles. The number of nitrogens with one attached hydrogen (secondary N) is 1. The van der Waals surface area contributed by atoms with Crippen LogP contribution >= 0.6 is 23.2 Å². The van der Waals surface area contributed by atoms with Crippen molar-refractivity contribution in [3.63, 3.8) is 0 Å². The molecule has 2 aromatic rings. The lowest BCUT2D eigenvalue weighted by molar-refractivity contribution is -0.138. The number of rotatable bonds is 5. The predicted molar refractivity (Wildman–Crippen MR) is 99.2 cm³/mol. The van der Waals surface area contributed by atoms with E-state index in [1.807, 2.05) is 0 Å². The fourth-order valence-corrected chi connectivity index (χ4v) is 3.50. The van der Waals surface area contributed by atoms with E-state index in [1.54, 1.807) is 38.2 Å². The van der Waals surface area contributed by atoms with Crippen LogP contribution in [0.5, 0.6) is 0 Å². The summed E-state index contributed by atoms with van der Waals surface area (Å²) in [6.07, 6.45) is 1.51. The van der Waals surface area contributed by atoms with Crippen molar-refractivity contribution < 1.29 is 18.8 Å². The second-order valence-electron chi connectivity index (χ2n) is 6.40. The van der Waals surface area contributed by atoms with Gasteiger partial charge in [-0.1, -0.05) is 29.3 Å². The molecule has 27 heavy (non-hydrogen) atoms. The summed E-state index contributed by atoms with van der Waals surface area (Å²) in [5, 5.41) is 3.28. The van der Waals surface area contributed by atoms with E-state index < -0.39 is 23.4 Å². The Labute approximate surface area is 165 Å². The number of benzene rings is 1. The molecule has 0 saturated carbocycles. The van der Waals surface area contributed by atoms with Crippen molar-refractivity contribution in [1.29, 1.82) is 0 Å². The summed E-state index contributed by atoms with van der Waals surface area (Å²) in [6, 6.07) is 7.45. The number of halogens is 2. The lowest BCUT2D eigenvalue weighted by Crippen LogP contribution is -2.43. The highest BCUT2D eigenvalue weighted by Gasteiger charge is 2.50. The summed E-state index contributed by atoms with van der Waals surface area (Å²) in [5.74, 6) is -0.362. The van der Waals surface area contributed by atoms with Gasteiger partial charge in [0.05, 0.1) is 12.8 Å². The van der Waals surface area contributed by atoms with Crippen LogP contribution < -0.4 is 5.32 Å². The number of amides is 4. The first-order valence-corrected chi connectivity index (χ1v) is 8.84. The summed E-state index contributed by atoms with van der Waals surface area (Å²) in [5.41, 5.74) is -0.968. The standard InChI is InChI=1S/C18H17Cl2N3O4/c1-18(13-6-5-11(19)8-14(13)20)16(25)23(17(26)21-18)10-15(24)22(2)9-12-4-3-7-27-12/h3-8H,9-10H2,1-2H3,(H,21,26). The quantitative estimate of drug-likeness (QED) is 0.769. The van der Waals surface area contributed by atoms with E-state index in [0.717, 1.165) is 4.90 Å². The zero-order valence-electron chi connectivity index (χ0n) is 14.7. The van der Waals surface area contributed by atoms with Crippen LogP contribution in [0.2, 0.25) is 10.0 Å². The zero-order chi connectivity index (χ0) is 19.8. The van der Waals surface area contributed by atoms with E-state index in [4.69, 9.17) is 27.6 Å². The molecule has 1 N–H and O–H groups in total. The van der Waals surface area contributed by atoms with Crippen molar-refractivity contribution in [3.05, 3.63) is 58.0 Å². The molecule has 0 spiro atoms. The second kappa shape index (κ2) is 7.25. The molecule has 1 aliphatic rings. The van der Waals surface area contributed by atoms with Crippen LogP contribution in [0.25, 0.3) is 0 Å². The van der Waals surface area contributed by atoms with Gasteiger partial charge in [0, 0.05) is 22.7 Å². The summed E-state index contributed by atoms with van der Waals surface area (Å²) in [4.78, 5) is 40.0. The van der Waals surface area contributed by atoms with Gasteiger partial charge >= 0.3 is 6.03 Å². The summed E-state index contributed by atoms with van der Waals surface area (Å²) in [6.45, 7) is 1.39. The third-order valence-corrected chi connectivity index (χ3v) is 4.98. The second-order valence-corrected chi connectivity index (χ2v) is 7.24. The maximum absolute atomic E-state index is 12.9. The van der Waals surface area contributed by atoms with Crippen LogP contribution in [0.1, 0.15) is 18.2 Å². The lowest BCUT2D eigenvalue weighted by atomic mass is 9.92. The number of furan rings is 1. The molecule has 1 atom stereocenters. The molecule has 9 heteroatoms. The Morgan fingerprint density at radius 1 is 1.30 bits per heavy atom. The highest BCUT2D eigenvalue weighted by atomic mass is 35.5. The molecule has 7 nitrogen and oxygen atoms in total. The number of hydrogen-bond acceptors (Lipinski definition) is 4. The molecule has 0 aliphatic carbocycles. The Bertz CT molecular complexity index is 900. The van der Waals surface area contributed by atoms with Crippen LogP contribution in [0.4, 0.5) is 4.79 Å². The van der Waals surface area contributed by atoms with Crippen molar-refractivity contribution in [1.82, 2.24) is 15.1 Å². The third-order valence-electron chi connectivity index (χ3n) is 4.44. The fraction of sp³-hybridized carbons (Fsp3) is 0.278. The Morgan fingerprint density at radius 3 is 2.67 bits per heavy atom. The third kappa shape index (κ3) is 3.65. The van der Waals surface area contributed by atoms with Crippen LogP contribution in [0, 0.1) is 0 Å². The molecule has 1 fully saturated rings. The molecule has 1 aromatic heterocycles. The molecule has 3 rings (SSSR count). The molecule has 142 valence electrons. The molecular weight excluding hydrogens is 393 g/mol.